The van der Waals surface area contributed by atoms with Gasteiger partial charge in [-0.3, -0.25) is 4.79 Å². The first-order valence-electron chi connectivity index (χ1n) is 8.30. The monoisotopic (exact) mass is 351 g/mol. The van der Waals surface area contributed by atoms with Gasteiger partial charge in [-0.15, -0.1) is 11.3 Å². The first-order valence-corrected chi connectivity index (χ1v) is 9.18. The van der Waals surface area contributed by atoms with E-state index in [4.69, 9.17) is 4.74 Å². The van der Waals surface area contributed by atoms with Crippen molar-refractivity contribution < 1.29 is 9.53 Å². The van der Waals surface area contributed by atoms with Gasteiger partial charge in [-0.2, -0.15) is 0 Å². The number of benzene rings is 2. The minimum Gasteiger partial charge on any atom is -0.487 e. The lowest BCUT2D eigenvalue weighted by Crippen LogP contribution is -2.13. The Bertz CT molecular complexity index is 813. The van der Waals surface area contributed by atoms with Crippen LogP contribution in [0.2, 0.25) is 0 Å². The van der Waals surface area contributed by atoms with Gasteiger partial charge >= 0.3 is 0 Å². The molecule has 0 radical (unpaired) electrons. The zero-order valence-electron chi connectivity index (χ0n) is 14.2. The summed E-state index contributed by atoms with van der Waals surface area (Å²) in [6, 6.07) is 19.9. The summed E-state index contributed by atoms with van der Waals surface area (Å²) < 4.78 is 5.94. The molecule has 0 aliphatic heterocycles. The lowest BCUT2D eigenvalue weighted by atomic mass is 10.2. The second-order valence-electron chi connectivity index (χ2n) is 5.90. The van der Waals surface area contributed by atoms with E-state index in [-0.39, 0.29) is 5.91 Å². The zero-order valence-corrected chi connectivity index (χ0v) is 15.0. The third-order valence-corrected chi connectivity index (χ3v) is 4.76. The van der Waals surface area contributed by atoms with Crippen LogP contribution in [0.3, 0.4) is 0 Å². The highest BCUT2D eigenvalue weighted by Gasteiger charge is 2.09. The molecule has 3 nitrogen and oxygen atoms in total. The summed E-state index contributed by atoms with van der Waals surface area (Å²) in [7, 11) is 0. The molecule has 3 rings (SSSR count). The molecular formula is C21H21NO2S. The first-order chi connectivity index (χ1) is 12.2. The van der Waals surface area contributed by atoms with Gasteiger partial charge in [-0.05, 0) is 48.1 Å². The largest absolute Gasteiger partial charge is 0.487 e. The van der Waals surface area contributed by atoms with E-state index in [0.29, 0.717) is 18.8 Å². The van der Waals surface area contributed by atoms with E-state index in [1.165, 1.54) is 4.88 Å². The second-order valence-corrected chi connectivity index (χ2v) is 6.93. The normalized spacial score (nSPS) is 10.4. The zero-order chi connectivity index (χ0) is 17.5. The maximum atomic E-state index is 12.3. The van der Waals surface area contributed by atoms with Gasteiger partial charge < -0.3 is 10.1 Å². The Kier molecular flexibility index (Phi) is 5.86. The van der Waals surface area contributed by atoms with E-state index in [2.05, 4.69) is 11.4 Å². The van der Waals surface area contributed by atoms with Gasteiger partial charge in [0.1, 0.15) is 12.4 Å². The first kappa shape index (κ1) is 17.2. The molecule has 4 heteroatoms. The highest BCUT2D eigenvalue weighted by molar-refractivity contribution is 7.09. The Hall–Kier alpha value is -2.59. The molecule has 1 heterocycles. The van der Waals surface area contributed by atoms with Crippen molar-refractivity contribution in [2.75, 3.05) is 5.32 Å². The number of nitrogens with one attached hydrogen (secondary N) is 1. The maximum Gasteiger partial charge on any atom is 0.224 e. The molecule has 128 valence electrons. The van der Waals surface area contributed by atoms with Gasteiger partial charge in [-0.1, -0.05) is 42.5 Å². The molecular weight excluding hydrogens is 330 g/mol. The van der Waals surface area contributed by atoms with Gasteiger partial charge in [0, 0.05) is 11.3 Å². The number of thiophene rings is 1. The van der Waals surface area contributed by atoms with Crippen molar-refractivity contribution in [1.29, 1.82) is 0 Å². The fraction of sp³-hybridized carbons (Fsp3) is 0.190. The lowest BCUT2D eigenvalue weighted by molar-refractivity contribution is -0.116. The number of amides is 1. The van der Waals surface area contributed by atoms with Crippen molar-refractivity contribution in [3.05, 3.63) is 82.0 Å². The topological polar surface area (TPSA) is 38.3 Å². The molecule has 0 fully saturated rings. The molecule has 0 saturated heterocycles. The Labute approximate surface area is 152 Å². The average Bonchev–Trinajstić information content (AvgIpc) is 3.15. The van der Waals surface area contributed by atoms with E-state index in [1.54, 1.807) is 11.3 Å². The van der Waals surface area contributed by atoms with Gasteiger partial charge in [0.05, 0.1) is 5.69 Å². The van der Waals surface area contributed by atoms with Crippen molar-refractivity contribution in [3.63, 3.8) is 0 Å². The smallest absolute Gasteiger partial charge is 0.224 e. The molecule has 0 aliphatic rings. The number of ether oxygens (including phenoxy) is 1. The summed E-state index contributed by atoms with van der Waals surface area (Å²) in [5.74, 6) is 0.704. The highest BCUT2D eigenvalue weighted by Crippen LogP contribution is 2.27. The average molecular weight is 351 g/mol. The molecule has 0 saturated carbocycles. The maximum absolute atomic E-state index is 12.3. The fourth-order valence-electron chi connectivity index (χ4n) is 2.49. The standard InChI is InChI=1S/C21H21NO2S/c1-16-9-11-19(22-21(23)12-10-18-8-5-13-25-18)20(14-16)24-15-17-6-3-2-4-7-17/h2-9,11,13-14H,10,12,15H2,1H3,(H,22,23). The SMILES string of the molecule is Cc1ccc(NC(=O)CCc2cccs2)c(OCc2ccccc2)c1. The van der Waals surface area contributed by atoms with Crippen molar-refractivity contribution in [3.8, 4) is 5.75 Å². The van der Waals surface area contributed by atoms with Crippen LogP contribution in [0.4, 0.5) is 5.69 Å². The van der Waals surface area contributed by atoms with E-state index >= 15 is 0 Å². The summed E-state index contributed by atoms with van der Waals surface area (Å²) in [5, 5.41) is 5.01. The van der Waals surface area contributed by atoms with E-state index < -0.39 is 0 Å². The molecule has 3 aromatic rings. The van der Waals surface area contributed by atoms with Crippen molar-refractivity contribution in [1.82, 2.24) is 0 Å². The molecule has 1 N–H and O–H groups in total. The molecule has 2 aromatic carbocycles. The van der Waals surface area contributed by atoms with Crippen LogP contribution >= 0.6 is 11.3 Å². The van der Waals surface area contributed by atoms with Crippen LogP contribution in [-0.2, 0) is 17.8 Å². The predicted octanol–water partition coefficient (Wildman–Crippen LogP) is 5.21. The summed E-state index contributed by atoms with van der Waals surface area (Å²) in [5.41, 5.74) is 2.91. The van der Waals surface area contributed by atoms with E-state index in [9.17, 15) is 4.79 Å². The molecule has 1 aromatic heterocycles. The number of hydrogen-bond acceptors (Lipinski definition) is 3. The Morgan fingerprint density at radius 3 is 2.68 bits per heavy atom. The Morgan fingerprint density at radius 1 is 1.08 bits per heavy atom. The third kappa shape index (κ3) is 5.19. The molecule has 0 bridgehead atoms. The van der Waals surface area contributed by atoms with Gasteiger partial charge in [0.2, 0.25) is 5.91 Å². The number of carbonyl (C=O) groups is 1. The lowest BCUT2D eigenvalue weighted by Gasteiger charge is -2.13. The van der Waals surface area contributed by atoms with Crippen LogP contribution in [0.15, 0.2) is 66.0 Å². The highest BCUT2D eigenvalue weighted by atomic mass is 32.1. The van der Waals surface area contributed by atoms with Crippen LogP contribution in [-0.4, -0.2) is 5.91 Å². The molecule has 25 heavy (non-hydrogen) atoms. The van der Waals surface area contributed by atoms with Crippen LogP contribution in [0, 0.1) is 6.92 Å². The second kappa shape index (κ2) is 8.49. The van der Waals surface area contributed by atoms with Crippen LogP contribution in [0.5, 0.6) is 5.75 Å². The molecule has 0 spiro atoms. The van der Waals surface area contributed by atoms with Gasteiger partial charge in [-0.25, -0.2) is 0 Å². The van der Waals surface area contributed by atoms with E-state index in [1.807, 2.05) is 66.9 Å². The number of hydrogen-bond donors (Lipinski definition) is 1. The Balaban J connectivity index is 1.63. The van der Waals surface area contributed by atoms with Crippen molar-refractivity contribution >= 4 is 22.9 Å². The third-order valence-electron chi connectivity index (χ3n) is 3.83. The number of carbonyl (C=O) groups excluding carboxylic acids is 1. The molecule has 0 atom stereocenters. The number of anilines is 1. The summed E-state index contributed by atoms with van der Waals surface area (Å²) in [4.78, 5) is 13.5. The quantitative estimate of drug-likeness (QED) is 0.635. The summed E-state index contributed by atoms with van der Waals surface area (Å²) in [6.07, 6.45) is 1.22. The minimum atomic E-state index is 0.00168. The molecule has 0 aliphatic carbocycles. The minimum absolute atomic E-state index is 0.00168. The fourth-order valence-corrected chi connectivity index (χ4v) is 3.20. The summed E-state index contributed by atoms with van der Waals surface area (Å²) >= 11 is 1.68. The van der Waals surface area contributed by atoms with Crippen molar-refractivity contribution in [2.45, 2.75) is 26.4 Å². The summed E-state index contributed by atoms with van der Waals surface area (Å²) in [6.45, 7) is 2.49. The number of rotatable bonds is 7. The van der Waals surface area contributed by atoms with Crippen LogP contribution in [0.25, 0.3) is 0 Å². The van der Waals surface area contributed by atoms with Crippen LogP contribution < -0.4 is 10.1 Å². The number of aryl methyl sites for hydroxylation is 2. The predicted molar refractivity (Wildman–Crippen MR) is 103 cm³/mol. The van der Waals surface area contributed by atoms with Crippen molar-refractivity contribution in [2.24, 2.45) is 0 Å². The Morgan fingerprint density at radius 2 is 1.92 bits per heavy atom. The van der Waals surface area contributed by atoms with Crippen LogP contribution in [0.1, 0.15) is 22.4 Å². The molecule has 1 amide bonds. The van der Waals surface area contributed by atoms with Gasteiger partial charge in [0.25, 0.3) is 0 Å². The molecule has 0 unspecified atom stereocenters. The van der Waals surface area contributed by atoms with Gasteiger partial charge in [0.15, 0.2) is 0 Å². The van der Waals surface area contributed by atoms with E-state index in [0.717, 1.165) is 23.2 Å².